The van der Waals surface area contributed by atoms with Crippen LogP contribution < -0.4 is 5.32 Å². The van der Waals surface area contributed by atoms with E-state index in [-0.39, 0.29) is 5.82 Å². The van der Waals surface area contributed by atoms with Crippen molar-refractivity contribution in [2.75, 3.05) is 5.32 Å². The summed E-state index contributed by atoms with van der Waals surface area (Å²) in [5.74, 6) is 0.298. The fraction of sp³-hybridized carbons (Fsp3) is 0.0556. The van der Waals surface area contributed by atoms with Crippen molar-refractivity contribution < 1.29 is 4.39 Å². The predicted molar refractivity (Wildman–Crippen MR) is 89.9 cm³/mol. The van der Waals surface area contributed by atoms with Crippen LogP contribution in [0.2, 0.25) is 0 Å². The van der Waals surface area contributed by atoms with Crippen molar-refractivity contribution in [2.24, 2.45) is 0 Å². The first kappa shape index (κ1) is 14.3. The van der Waals surface area contributed by atoms with Gasteiger partial charge in [-0.3, -0.25) is 4.98 Å². The fourth-order valence-electron chi connectivity index (χ4n) is 2.54. The molecule has 0 aliphatic carbocycles. The molecule has 0 unspecified atom stereocenters. The van der Waals surface area contributed by atoms with Crippen LogP contribution >= 0.6 is 0 Å². The van der Waals surface area contributed by atoms with Crippen LogP contribution in [0.1, 0.15) is 5.56 Å². The van der Waals surface area contributed by atoms with E-state index in [1.807, 2.05) is 22.7 Å². The molecule has 6 heteroatoms. The molecular formula is C18H14FN5. The Kier molecular flexibility index (Phi) is 3.63. The zero-order valence-corrected chi connectivity index (χ0v) is 12.7. The highest BCUT2D eigenvalue weighted by atomic mass is 19.1. The highest BCUT2D eigenvalue weighted by molar-refractivity contribution is 5.69. The Morgan fingerprint density at radius 1 is 1.08 bits per heavy atom. The molecule has 4 rings (SSSR count). The number of anilines is 1. The normalized spacial score (nSPS) is 10.9. The van der Waals surface area contributed by atoms with Crippen molar-refractivity contribution in [3.8, 4) is 11.3 Å². The molecule has 0 fully saturated rings. The minimum Gasteiger partial charge on any atom is -0.363 e. The second-order valence-electron chi connectivity index (χ2n) is 5.33. The van der Waals surface area contributed by atoms with Gasteiger partial charge in [-0.25, -0.2) is 14.4 Å². The van der Waals surface area contributed by atoms with Crippen LogP contribution in [0.3, 0.4) is 0 Å². The maximum absolute atomic E-state index is 14.1. The number of halogens is 1. The molecule has 24 heavy (non-hydrogen) atoms. The summed E-state index contributed by atoms with van der Waals surface area (Å²) >= 11 is 0. The maximum Gasteiger partial charge on any atom is 0.180 e. The molecule has 0 aliphatic heterocycles. The smallest absolute Gasteiger partial charge is 0.180 e. The van der Waals surface area contributed by atoms with Crippen molar-refractivity contribution in [3.63, 3.8) is 0 Å². The van der Waals surface area contributed by atoms with Crippen LogP contribution in [0.15, 0.2) is 67.4 Å². The van der Waals surface area contributed by atoms with E-state index in [1.165, 1.54) is 6.07 Å². The van der Waals surface area contributed by atoms with Crippen molar-refractivity contribution >= 4 is 11.5 Å². The molecule has 0 aliphatic rings. The van der Waals surface area contributed by atoms with E-state index in [0.717, 1.165) is 5.56 Å². The van der Waals surface area contributed by atoms with Crippen molar-refractivity contribution in [3.05, 3.63) is 78.8 Å². The van der Waals surface area contributed by atoms with Gasteiger partial charge in [0.15, 0.2) is 11.5 Å². The van der Waals surface area contributed by atoms with E-state index in [4.69, 9.17) is 0 Å². The highest BCUT2D eigenvalue weighted by Gasteiger charge is 2.11. The summed E-state index contributed by atoms with van der Waals surface area (Å²) in [6.45, 7) is 0.560. The third-order valence-electron chi connectivity index (χ3n) is 3.71. The minimum absolute atomic E-state index is 0.303. The summed E-state index contributed by atoms with van der Waals surface area (Å²) in [6, 6.07) is 10.5. The zero-order chi connectivity index (χ0) is 16.4. The Bertz CT molecular complexity index is 981. The van der Waals surface area contributed by atoms with Crippen molar-refractivity contribution in [2.45, 2.75) is 6.54 Å². The van der Waals surface area contributed by atoms with E-state index in [9.17, 15) is 4.39 Å². The van der Waals surface area contributed by atoms with Gasteiger partial charge in [0.25, 0.3) is 0 Å². The number of rotatable bonds is 4. The second kappa shape index (κ2) is 6.08. The lowest BCUT2D eigenvalue weighted by Gasteiger charge is -2.10. The van der Waals surface area contributed by atoms with Gasteiger partial charge >= 0.3 is 0 Å². The van der Waals surface area contributed by atoms with Crippen molar-refractivity contribution in [1.29, 1.82) is 0 Å². The van der Waals surface area contributed by atoms with Crippen LogP contribution in [0, 0.1) is 5.82 Å². The number of hydrogen-bond acceptors (Lipinski definition) is 4. The molecule has 1 N–H and O–H groups in total. The Labute approximate surface area is 137 Å². The van der Waals surface area contributed by atoms with E-state index in [1.54, 1.807) is 43.0 Å². The standard InChI is InChI=1S/C18H14FN5/c19-15-6-2-1-5-14(15)16-12-24-9-8-21-18(24)17(23-16)22-11-13-4-3-7-20-10-13/h1-10,12H,11H2,(H,22,23). The molecule has 1 aromatic carbocycles. The lowest BCUT2D eigenvalue weighted by molar-refractivity contribution is 0.630. The third-order valence-corrected chi connectivity index (χ3v) is 3.71. The molecule has 0 saturated carbocycles. The van der Waals surface area contributed by atoms with E-state index in [2.05, 4.69) is 20.3 Å². The van der Waals surface area contributed by atoms with Gasteiger partial charge in [-0.1, -0.05) is 18.2 Å². The highest BCUT2D eigenvalue weighted by Crippen LogP contribution is 2.24. The Balaban J connectivity index is 1.74. The lowest BCUT2D eigenvalue weighted by Crippen LogP contribution is -2.05. The molecular weight excluding hydrogens is 305 g/mol. The first-order valence-corrected chi connectivity index (χ1v) is 7.52. The first-order valence-electron chi connectivity index (χ1n) is 7.52. The van der Waals surface area contributed by atoms with E-state index < -0.39 is 0 Å². The molecule has 4 aromatic rings. The third kappa shape index (κ3) is 2.69. The SMILES string of the molecule is Fc1ccccc1-c1cn2ccnc2c(NCc2cccnc2)n1. The van der Waals surface area contributed by atoms with Gasteiger partial charge in [0.05, 0.1) is 5.69 Å². The average molecular weight is 319 g/mol. The molecule has 0 spiro atoms. The van der Waals surface area contributed by atoms with Crippen LogP contribution in [-0.4, -0.2) is 19.4 Å². The number of benzene rings is 1. The molecule has 3 aromatic heterocycles. The topological polar surface area (TPSA) is 55.1 Å². The number of pyridine rings is 1. The number of nitrogens with zero attached hydrogens (tertiary/aromatic N) is 4. The summed E-state index contributed by atoms with van der Waals surface area (Å²) in [5.41, 5.74) is 2.73. The molecule has 5 nitrogen and oxygen atoms in total. The summed E-state index contributed by atoms with van der Waals surface area (Å²) in [5, 5.41) is 3.26. The minimum atomic E-state index is -0.303. The molecule has 0 saturated heterocycles. The fourth-order valence-corrected chi connectivity index (χ4v) is 2.54. The average Bonchev–Trinajstić information content (AvgIpc) is 3.09. The van der Waals surface area contributed by atoms with Gasteiger partial charge in [0.1, 0.15) is 5.82 Å². The summed E-state index contributed by atoms with van der Waals surface area (Å²) < 4.78 is 15.9. The van der Waals surface area contributed by atoms with Crippen LogP contribution in [0.25, 0.3) is 16.9 Å². The van der Waals surface area contributed by atoms with E-state index in [0.29, 0.717) is 29.3 Å². The predicted octanol–water partition coefficient (Wildman–Crippen LogP) is 3.54. The summed E-state index contributed by atoms with van der Waals surface area (Å²) in [6.07, 6.45) is 8.80. The lowest BCUT2D eigenvalue weighted by atomic mass is 10.1. The molecule has 0 bridgehead atoms. The van der Waals surface area contributed by atoms with E-state index >= 15 is 0 Å². The molecule has 0 amide bonds. The number of hydrogen-bond donors (Lipinski definition) is 1. The Morgan fingerprint density at radius 3 is 2.83 bits per heavy atom. The van der Waals surface area contributed by atoms with Crippen LogP contribution in [0.5, 0.6) is 0 Å². The summed E-state index contributed by atoms with van der Waals surface area (Å²) in [7, 11) is 0. The monoisotopic (exact) mass is 319 g/mol. The number of imidazole rings is 1. The summed E-state index contributed by atoms with van der Waals surface area (Å²) in [4.78, 5) is 13.0. The van der Waals surface area contributed by atoms with Gasteiger partial charge in [0, 0.05) is 43.1 Å². The zero-order valence-electron chi connectivity index (χ0n) is 12.7. The van der Waals surface area contributed by atoms with Gasteiger partial charge in [-0.2, -0.15) is 0 Å². The van der Waals surface area contributed by atoms with Gasteiger partial charge in [0.2, 0.25) is 0 Å². The maximum atomic E-state index is 14.1. The number of nitrogens with one attached hydrogen (secondary N) is 1. The van der Waals surface area contributed by atoms with Crippen LogP contribution in [0.4, 0.5) is 10.2 Å². The van der Waals surface area contributed by atoms with Gasteiger partial charge in [-0.05, 0) is 23.8 Å². The second-order valence-corrected chi connectivity index (χ2v) is 5.33. The number of aromatic nitrogens is 4. The van der Waals surface area contributed by atoms with Gasteiger partial charge < -0.3 is 9.72 Å². The van der Waals surface area contributed by atoms with Crippen molar-refractivity contribution in [1.82, 2.24) is 19.4 Å². The molecule has 0 radical (unpaired) electrons. The molecule has 0 atom stereocenters. The first-order chi connectivity index (χ1) is 11.8. The molecule has 3 heterocycles. The van der Waals surface area contributed by atoms with Crippen LogP contribution in [-0.2, 0) is 6.54 Å². The Hall–Kier alpha value is -3.28. The number of fused-ring (bicyclic) bond motifs is 1. The Morgan fingerprint density at radius 2 is 2.00 bits per heavy atom. The van der Waals surface area contributed by atoms with Gasteiger partial charge in [-0.15, -0.1) is 0 Å². The molecule has 118 valence electrons. The quantitative estimate of drug-likeness (QED) is 0.625. The largest absolute Gasteiger partial charge is 0.363 e.